The summed E-state index contributed by atoms with van der Waals surface area (Å²) in [5, 5.41) is 15.6. The van der Waals surface area contributed by atoms with Crippen molar-refractivity contribution in [1.29, 1.82) is 5.26 Å². The first kappa shape index (κ1) is 19.3. The number of thiazole rings is 1. The van der Waals surface area contributed by atoms with Gasteiger partial charge >= 0.3 is 0 Å². The lowest BCUT2D eigenvalue weighted by Gasteiger charge is -2.05. The van der Waals surface area contributed by atoms with Gasteiger partial charge in [-0.25, -0.2) is 4.98 Å². The third-order valence-corrected chi connectivity index (χ3v) is 5.89. The number of nitrogens with zero attached hydrogens (tertiary/aromatic N) is 2. The summed E-state index contributed by atoms with van der Waals surface area (Å²) in [4.78, 5) is 17.1. The van der Waals surface area contributed by atoms with Crippen molar-refractivity contribution in [3.05, 3.63) is 50.8 Å². The first-order valence-electron chi connectivity index (χ1n) is 7.80. The summed E-state index contributed by atoms with van der Waals surface area (Å²) in [6.45, 7) is 1.45. The Morgan fingerprint density at radius 3 is 2.85 bits per heavy atom. The smallest absolute Gasteiger partial charge is 0.221 e. The van der Waals surface area contributed by atoms with Crippen LogP contribution in [0, 0.1) is 11.3 Å². The molecule has 1 N–H and O–H groups in total. The average Bonchev–Trinajstić information content (AvgIpc) is 3.29. The number of benzene rings is 1. The Balaban J connectivity index is 2.10. The van der Waals surface area contributed by atoms with Crippen LogP contribution in [0.15, 0.2) is 40.2 Å². The topological polar surface area (TPSA) is 75.0 Å². The Morgan fingerprint density at radius 2 is 2.22 bits per heavy atom. The highest BCUT2D eigenvalue weighted by Crippen LogP contribution is 2.39. The highest BCUT2D eigenvalue weighted by molar-refractivity contribution is 9.10. The van der Waals surface area contributed by atoms with Crippen LogP contribution in [-0.2, 0) is 4.79 Å². The lowest BCUT2D eigenvalue weighted by Crippen LogP contribution is -2.04. The highest BCUT2D eigenvalue weighted by Gasteiger charge is 2.18. The van der Waals surface area contributed by atoms with Gasteiger partial charge < -0.3 is 10.1 Å². The number of nitriles is 1. The number of rotatable bonds is 5. The minimum atomic E-state index is -0.181. The number of carbonyl (C=O) groups is 1. The van der Waals surface area contributed by atoms with Crippen LogP contribution >= 0.6 is 38.6 Å². The van der Waals surface area contributed by atoms with E-state index in [0.717, 1.165) is 14.9 Å². The van der Waals surface area contributed by atoms with Crippen molar-refractivity contribution >= 4 is 61.2 Å². The third kappa shape index (κ3) is 4.45. The number of carbonyl (C=O) groups excluding carboxylic acids is 1. The molecule has 1 aromatic carbocycles. The molecule has 0 fully saturated rings. The molecule has 136 valence electrons. The summed E-state index contributed by atoms with van der Waals surface area (Å²) in [5.41, 5.74) is 1.82. The molecule has 0 aliphatic carbocycles. The van der Waals surface area contributed by atoms with Gasteiger partial charge in [0.15, 0.2) is 0 Å². The minimum absolute atomic E-state index is 0.181. The molecule has 27 heavy (non-hydrogen) atoms. The summed E-state index contributed by atoms with van der Waals surface area (Å²) in [6.07, 6.45) is 1.73. The number of nitrogens with one attached hydrogen (secondary N) is 1. The Kier molecular flexibility index (Phi) is 6.06. The van der Waals surface area contributed by atoms with Crippen molar-refractivity contribution in [3.63, 3.8) is 0 Å². The van der Waals surface area contributed by atoms with E-state index in [1.54, 1.807) is 13.2 Å². The molecule has 2 aromatic heterocycles. The molecule has 0 bridgehead atoms. The van der Waals surface area contributed by atoms with E-state index in [2.05, 4.69) is 32.3 Å². The van der Waals surface area contributed by atoms with Crippen LogP contribution in [0.5, 0.6) is 5.75 Å². The zero-order valence-electron chi connectivity index (χ0n) is 14.4. The van der Waals surface area contributed by atoms with Gasteiger partial charge in [-0.1, -0.05) is 33.3 Å². The molecule has 0 saturated heterocycles. The molecule has 5 nitrogen and oxygen atoms in total. The van der Waals surface area contributed by atoms with E-state index in [1.165, 1.54) is 29.6 Å². The quantitative estimate of drug-likeness (QED) is 0.498. The van der Waals surface area contributed by atoms with Crippen LogP contribution in [0.3, 0.4) is 0 Å². The fourth-order valence-electron chi connectivity index (χ4n) is 2.38. The lowest BCUT2D eigenvalue weighted by molar-refractivity contribution is -0.114. The van der Waals surface area contributed by atoms with Crippen LogP contribution in [0.2, 0.25) is 0 Å². The average molecular weight is 460 g/mol. The molecule has 8 heteroatoms. The van der Waals surface area contributed by atoms with Crippen molar-refractivity contribution in [3.8, 4) is 22.4 Å². The summed E-state index contributed by atoms with van der Waals surface area (Å²) >= 11 is 6.24. The number of methoxy groups -OCH3 is 1. The van der Waals surface area contributed by atoms with Crippen LogP contribution in [-0.4, -0.2) is 18.0 Å². The van der Waals surface area contributed by atoms with E-state index < -0.39 is 0 Å². The lowest BCUT2D eigenvalue weighted by atomic mass is 10.1. The van der Waals surface area contributed by atoms with E-state index in [1.807, 2.05) is 35.7 Å². The van der Waals surface area contributed by atoms with Crippen LogP contribution in [0.1, 0.15) is 17.5 Å². The fraction of sp³-hybridized carbons (Fsp3) is 0.105. The monoisotopic (exact) mass is 459 g/mol. The van der Waals surface area contributed by atoms with Crippen LogP contribution in [0.25, 0.3) is 22.2 Å². The van der Waals surface area contributed by atoms with Crippen LogP contribution < -0.4 is 10.1 Å². The number of amides is 1. The van der Waals surface area contributed by atoms with Gasteiger partial charge in [-0.15, -0.1) is 11.3 Å². The van der Waals surface area contributed by atoms with Crippen molar-refractivity contribution in [2.24, 2.45) is 0 Å². The number of hydrogen-bond acceptors (Lipinski definition) is 6. The highest BCUT2D eigenvalue weighted by atomic mass is 79.9. The van der Waals surface area contributed by atoms with E-state index in [0.29, 0.717) is 27.0 Å². The number of thiophene rings is 1. The fourth-order valence-corrected chi connectivity index (χ4v) is 4.53. The van der Waals surface area contributed by atoms with Gasteiger partial charge in [-0.2, -0.15) is 5.26 Å². The largest absolute Gasteiger partial charge is 0.496 e. The van der Waals surface area contributed by atoms with E-state index in [9.17, 15) is 10.1 Å². The van der Waals surface area contributed by atoms with Gasteiger partial charge in [0.25, 0.3) is 0 Å². The maximum Gasteiger partial charge on any atom is 0.221 e. The Bertz CT molecular complexity index is 1050. The SMILES string of the molecule is COc1ccc(Br)cc1C=C(C#N)c1nc(-c2cccs2)c(NC(C)=O)s1. The van der Waals surface area contributed by atoms with Crippen LogP contribution in [0.4, 0.5) is 5.00 Å². The predicted molar refractivity (Wildman–Crippen MR) is 114 cm³/mol. The van der Waals surface area contributed by atoms with Crippen molar-refractivity contribution in [1.82, 2.24) is 4.98 Å². The van der Waals surface area contributed by atoms with Gasteiger partial charge in [-0.05, 0) is 35.7 Å². The van der Waals surface area contributed by atoms with Crippen molar-refractivity contribution in [2.45, 2.75) is 6.92 Å². The first-order valence-corrected chi connectivity index (χ1v) is 10.3. The first-order chi connectivity index (χ1) is 13.0. The van der Waals surface area contributed by atoms with Crippen molar-refractivity contribution in [2.75, 3.05) is 12.4 Å². The molecule has 2 heterocycles. The summed E-state index contributed by atoms with van der Waals surface area (Å²) in [5.74, 6) is 0.474. The normalized spacial score (nSPS) is 11.1. The molecule has 0 unspecified atom stereocenters. The Morgan fingerprint density at radius 1 is 1.41 bits per heavy atom. The molecule has 1 amide bonds. The van der Waals surface area contributed by atoms with Gasteiger partial charge in [0.05, 0.1) is 17.6 Å². The molecule has 0 saturated carbocycles. The molecule has 0 atom stereocenters. The van der Waals surface area contributed by atoms with Gasteiger partial charge in [0.1, 0.15) is 27.5 Å². The molecule has 3 rings (SSSR count). The maximum absolute atomic E-state index is 11.6. The molecule has 0 spiro atoms. The standard InChI is InChI=1S/C19H14BrN3O2S2/c1-11(24)22-19-17(16-4-3-7-26-16)23-18(27-19)13(10-21)8-12-9-14(20)5-6-15(12)25-2/h3-9H,1-2H3,(H,22,24). The maximum atomic E-state index is 11.6. The number of ether oxygens (including phenoxy) is 1. The summed E-state index contributed by atoms with van der Waals surface area (Å²) in [6, 6.07) is 11.6. The molecule has 3 aromatic rings. The van der Waals surface area contributed by atoms with E-state index in [4.69, 9.17) is 4.74 Å². The zero-order valence-corrected chi connectivity index (χ0v) is 17.7. The molecular formula is C19H14BrN3O2S2. The predicted octanol–water partition coefficient (Wildman–Crippen LogP) is 5.67. The summed E-state index contributed by atoms with van der Waals surface area (Å²) in [7, 11) is 1.58. The number of aromatic nitrogens is 1. The minimum Gasteiger partial charge on any atom is -0.496 e. The van der Waals surface area contributed by atoms with Gasteiger partial charge in [-0.3, -0.25) is 4.79 Å². The second-order valence-electron chi connectivity index (χ2n) is 5.41. The molecule has 0 radical (unpaired) electrons. The van der Waals surface area contributed by atoms with Crippen molar-refractivity contribution < 1.29 is 9.53 Å². The molecular weight excluding hydrogens is 446 g/mol. The van der Waals surface area contributed by atoms with Gasteiger partial charge in [0.2, 0.25) is 5.91 Å². The second kappa shape index (κ2) is 8.48. The van der Waals surface area contributed by atoms with E-state index in [-0.39, 0.29) is 5.91 Å². The number of allylic oxidation sites excluding steroid dienone is 1. The molecule has 0 aliphatic heterocycles. The summed E-state index contributed by atoms with van der Waals surface area (Å²) < 4.78 is 6.25. The zero-order chi connectivity index (χ0) is 19.4. The number of halogens is 1. The Labute approximate surface area is 173 Å². The Hall–Kier alpha value is -2.47. The second-order valence-corrected chi connectivity index (χ2v) is 8.27. The third-order valence-electron chi connectivity index (χ3n) is 3.51. The van der Waals surface area contributed by atoms with E-state index >= 15 is 0 Å². The number of anilines is 1. The number of hydrogen-bond donors (Lipinski definition) is 1. The molecule has 0 aliphatic rings. The van der Waals surface area contributed by atoms with Gasteiger partial charge in [0, 0.05) is 17.0 Å².